The fraction of sp³-hybridized carbons (Fsp3) is 0.560. The Morgan fingerprint density at radius 2 is 2.00 bits per heavy atom. The largest absolute Gasteiger partial charge is 0.368 e. The summed E-state index contributed by atoms with van der Waals surface area (Å²) < 4.78 is 6.40. The van der Waals surface area contributed by atoms with Gasteiger partial charge in [-0.05, 0) is 62.6 Å². The Morgan fingerprint density at radius 1 is 1.19 bits per heavy atom. The first-order valence-corrected chi connectivity index (χ1v) is 11.8. The molecule has 1 spiro atoms. The molecule has 1 aromatic carbocycles. The van der Waals surface area contributed by atoms with Gasteiger partial charge in [0, 0.05) is 30.8 Å². The standard InChI is InChI=1S/C25H30N4O2.ClH/c30-24(20-14-18-6-10-26-16-21(18)20)29-11-8-25(9-12-29)22-19(7-13-31-25)15-27-23(28-22)17-4-2-1-3-5-17;/h1-5,15,18,20-21,26H,6-14,16H2;1H/t18-,20-,21-;/m1./s1. The van der Waals surface area contributed by atoms with Crippen molar-refractivity contribution in [1.82, 2.24) is 20.2 Å². The predicted octanol–water partition coefficient (Wildman–Crippen LogP) is 3.20. The first-order chi connectivity index (χ1) is 15.2. The summed E-state index contributed by atoms with van der Waals surface area (Å²) >= 11 is 0. The number of ether oxygens (including phenoxy) is 1. The molecule has 1 amide bonds. The van der Waals surface area contributed by atoms with Crippen molar-refractivity contribution in [2.45, 2.75) is 37.7 Å². The molecule has 0 bridgehead atoms. The van der Waals surface area contributed by atoms with Crippen LogP contribution in [0.25, 0.3) is 11.4 Å². The van der Waals surface area contributed by atoms with Crippen LogP contribution in [0.2, 0.25) is 0 Å². The highest BCUT2D eigenvalue weighted by molar-refractivity contribution is 5.85. The maximum Gasteiger partial charge on any atom is 0.226 e. The van der Waals surface area contributed by atoms with Crippen LogP contribution in [0.5, 0.6) is 0 Å². The Hall–Kier alpha value is -2.02. The van der Waals surface area contributed by atoms with Gasteiger partial charge in [0.25, 0.3) is 0 Å². The van der Waals surface area contributed by atoms with Gasteiger partial charge >= 0.3 is 0 Å². The van der Waals surface area contributed by atoms with E-state index in [-0.39, 0.29) is 23.9 Å². The van der Waals surface area contributed by atoms with Gasteiger partial charge in [0.15, 0.2) is 5.82 Å². The highest BCUT2D eigenvalue weighted by Gasteiger charge is 2.49. The number of carbonyl (C=O) groups is 1. The van der Waals surface area contributed by atoms with Gasteiger partial charge in [0.1, 0.15) is 5.60 Å². The molecule has 3 atom stereocenters. The molecule has 6 nitrogen and oxygen atoms in total. The summed E-state index contributed by atoms with van der Waals surface area (Å²) in [5, 5.41) is 3.48. The predicted molar refractivity (Wildman–Crippen MR) is 124 cm³/mol. The molecule has 1 N–H and O–H groups in total. The first-order valence-electron chi connectivity index (χ1n) is 11.8. The van der Waals surface area contributed by atoms with E-state index in [0.717, 1.165) is 74.9 Å². The molecule has 3 aliphatic heterocycles. The third-order valence-electron chi connectivity index (χ3n) is 8.03. The van der Waals surface area contributed by atoms with Gasteiger partial charge in [-0.1, -0.05) is 30.3 Å². The SMILES string of the molecule is Cl.O=C([C@@H]1C[C@H]2CCNC[C@H]21)N1CCC2(CC1)OCCc1cnc(-c3ccccc3)nc12. The van der Waals surface area contributed by atoms with Gasteiger partial charge < -0.3 is 15.0 Å². The number of amides is 1. The topological polar surface area (TPSA) is 67.4 Å². The van der Waals surface area contributed by atoms with Crippen LogP contribution in [0.4, 0.5) is 0 Å². The second kappa shape index (κ2) is 8.73. The average molecular weight is 455 g/mol. The third-order valence-corrected chi connectivity index (χ3v) is 8.03. The van der Waals surface area contributed by atoms with Gasteiger partial charge in [0.2, 0.25) is 5.91 Å². The lowest BCUT2D eigenvalue weighted by Crippen LogP contribution is -2.57. The number of nitrogens with one attached hydrogen (secondary N) is 1. The molecule has 6 rings (SSSR count). The van der Waals surface area contributed by atoms with Crippen LogP contribution in [0.3, 0.4) is 0 Å². The van der Waals surface area contributed by atoms with Crippen LogP contribution in [-0.4, -0.2) is 53.6 Å². The lowest BCUT2D eigenvalue weighted by atomic mass is 9.61. The molecule has 1 saturated carbocycles. The number of nitrogens with zero attached hydrogens (tertiary/aromatic N) is 3. The Labute approximate surface area is 195 Å². The van der Waals surface area contributed by atoms with E-state index in [1.807, 2.05) is 36.5 Å². The molecule has 1 aromatic heterocycles. The zero-order valence-corrected chi connectivity index (χ0v) is 19.2. The molecule has 2 saturated heterocycles. The maximum atomic E-state index is 13.2. The van der Waals surface area contributed by atoms with Crippen molar-refractivity contribution in [3.8, 4) is 11.4 Å². The second-order valence-corrected chi connectivity index (χ2v) is 9.61. The quantitative estimate of drug-likeness (QED) is 0.754. The Morgan fingerprint density at radius 3 is 2.78 bits per heavy atom. The minimum Gasteiger partial charge on any atom is -0.368 e. The van der Waals surface area contributed by atoms with Crippen LogP contribution in [0.1, 0.15) is 36.9 Å². The number of hydrogen-bond donors (Lipinski definition) is 1. The minimum absolute atomic E-state index is 0. The van der Waals surface area contributed by atoms with Crippen molar-refractivity contribution in [2.24, 2.45) is 17.8 Å². The van der Waals surface area contributed by atoms with Gasteiger partial charge in [-0.3, -0.25) is 4.79 Å². The van der Waals surface area contributed by atoms with E-state index >= 15 is 0 Å². The van der Waals surface area contributed by atoms with E-state index in [2.05, 4.69) is 15.2 Å². The number of aromatic nitrogens is 2. The normalized spacial score (nSPS) is 28.1. The van der Waals surface area contributed by atoms with E-state index < -0.39 is 0 Å². The minimum atomic E-state index is -0.384. The third kappa shape index (κ3) is 3.62. The van der Waals surface area contributed by atoms with Crippen molar-refractivity contribution in [1.29, 1.82) is 0 Å². The highest BCUT2D eigenvalue weighted by atomic mass is 35.5. The highest BCUT2D eigenvalue weighted by Crippen LogP contribution is 2.46. The molecule has 4 aliphatic rings. The summed E-state index contributed by atoms with van der Waals surface area (Å²) in [7, 11) is 0. The summed E-state index contributed by atoms with van der Waals surface area (Å²) in [6, 6.07) is 10.1. The fourth-order valence-electron chi connectivity index (χ4n) is 6.13. The van der Waals surface area contributed by atoms with Crippen LogP contribution in [0, 0.1) is 17.8 Å². The van der Waals surface area contributed by atoms with Crippen LogP contribution < -0.4 is 5.32 Å². The molecule has 32 heavy (non-hydrogen) atoms. The van der Waals surface area contributed by atoms with Crippen LogP contribution in [0.15, 0.2) is 36.5 Å². The van der Waals surface area contributed by atoms with E-state index in [0.29, 0.717) is 18.4 Å². The van der Waals surface area contributed by atoms with Crippen molar-refractivity contribution in [2.75, 3.05) is 32.8 Å². The molecule has 2 aromatic rings. The molecule has 4 heterocycles. The Bertz CT molecular complexity index is 977. The number of hydrogen-bond acceptors (Lipinski definition) is 5. The fourth-order valence-corrected chi connectivity index (χ4v) is 6.13. The van der Waals surface area contributed by atoms with E-state index in [9.17, 15) is 4.79 Å². The second-order valence-electron chi connectivity index (χ2n) is 9.61. The molecule has 0 unspecified atom stereocenters. The molecule has 0 radical (unpaired) electrons. The number of rotatable bonds is 2. The summed E-state index contributed by atoms with van der Waals surface area (Å²) in [5.74, 6) is 2.65. The lowest BCUT2D eigenvalue weighted by molar-refractivity contribution is -0.154. The van der Waals surface area contributed by atoms with Gasteiger partial charge in [-0.25, -0.2) is 9.97 Å². The number of halogens is 1. The van der Waals surface area contributed by atoms with Crippen LogP contribution >= 0.6 is 12.4 Å². The number of carbonyl (C=O) groups excluding carboxylic acids is 1. The first kappa shape index (κ1) is 21.8. The van der Waals surface area contributed by atoms with Gasteiger partial charge in [0.05, 0.1) is 12.3 Å². The summed E-state index contributed by atoms with van der Waals surface area (Å²) in [6.45, 7) is 4.33. The number of fused-ring (bicyclic) bond motifs is 3. The maximum absolute atomic E-state index is 13.2. The summed E-state index contributed by atoms with van der Waals surface area (Å²) in [6.07, 6.45) is 6.78. The molecule has 1 aliphatic carbocycles. The Kier molecular flexibility index (Phi) is 5.95. The van der Waals surface area contributed by atoms with Gasteiger partial charge in [-0.15, -0.1) is 12.4 Å². The molecule has 7 heteroatoms. The van der Waals surface area contributed by atoms with Crippen molar-refractivity contribution < 1.29 is 9.53 Å². The van der Waals surface area contributed by atoms with Crippen molar-refractivity contribution in [3.05, 3.63) is 47.8 Å². The summed E-state index contributed by atoms with van der Waals surface area (Å²) in [4.78, 5) is 24.9. The Balaban J connectivity index is 0.00000216. The smallest absolute Gasteiger partial charge is 0.226 e. The van der Waals surface area contributed by atoms with E-state index in [1.54, 1.807) is 0 Å². The average Bonchev–Trinajstić information content (AvgIpc) is 2.81. The number of piperidine rings is 2. The number of likely N-dealkylation sites (tertiary alicyclic amines) is 1. The molecule has 170 valence electrons. The monoisotopic (exact) mass is 454 g/mol. The summed E-state index contributed by atoms with van der Waals surface area (Å²) in [5.41, 5.74) is 2.88. The zero-order chi connectivity index (χ0) is 20.8. The van der Waals surface area contributed by atoms with Crippen LogP contribution in [-0.2, 0) is 21.6 Å². The zero-order valence-electron chi connectivity index (χ0n) is 18.3. The van der Waals surface area contributed by atoms with E-state index in [4.69, 9.17) is 9.72 Å². The number of benzene rings is 1. The molecular weight excluding hydrogens is 424 g/mol. The lowest BCUT2D eigenvalue weighted by Gasteiger charge is -2.50. The molecular formula is C25H31ClN4O2. The van der Waals surface area contributed by atoms with Crippen molar-refractivity contribution >= 4 is 18.3 Å². The molecule has 3 fully saturated rings. The van der Waals surface area contributed by atoms with Crippen molar-refractivity contribution in [3.63, 3.8) is 0 Å². The van der Waals surface area contributed by atoms with Gasteiger partial charge in [-0.2, -0.15) is 0 Å². The van der Waals surface area contributed by atoms with E-state index in [1.165, 1.54) is 12.0 Å².